The standard InChI is InChI=1S/C19H22ClN3O3S/c20-14-9-11-16(12-10-14)23-27(25,26)18-8-4-7-17(13-18)22-19(24)21-15-5-2-1-3-6-15/h4,7-13,15,23H,1-3,5-6H2,(H2,21,22,24). The average molecular weight is 408 g/mol. The van der Waals surface area contributed by atoms with E-state index in [4.69, 9.17) is 11.6 Å². The van der Waals surface area contributed by atoms with Crippen LogP contribution in [-0.2, 0) is 10.0 Å². The number of benzene rings is 2. The molecule has 6 nitrogen and oxygen atoms in total. The number of halogens is 1. The molecule has 0 spiro atoms. The largest absolute Gasteiger partial charge is 0.335 e. The third kappa shape index (κ3) is 5.61. The van der Waals surface area contributed by atoms with Gasteiger partial charge in [0.2, 0.25) is 0 Å². The lowest BCUT2D eigenvalue weighted by Gasteiger charge is -2.22. The van der Waals surface area contributed by atoms with E-state index in [9.17, 15) is 13.2 Å². The third-order valence-electron chi connectivity index (χ3n) is 4.44. The van der Waals surface area contributed by atoms with E-state index in [1.807, 2.05) is 0 Å². The van der Waals surface area contributed by atoms with Crippen molar-refractivity contribution in [2.24, 2.45) is 0 Å². The summed E-state index contributed by atoms with van der Waals surface area (Å²) >= 11 is 5.82. The van der Waals surface area contributed by atoms with Gasteiger partial charge in [-0.15, -0.1) is 0 Å². The maximum absolute atomic E-state index is 12.6. The first-order valence-corrected chi connectivity index (χ1v) is 10.7. The van der Waals surface area contributed by atoms with E-state index in [0.29, 0.717) is 16.4 Å². The summed E-state index contributed by atoms with van der Waals surface area (Å²) in [6.45, 7) is 0. The monoisotopic (exact) mass is 407 g/mol. The van der Waals surface area contributed by atoms with E-state index in [1.54, 1.807) is 36.4 Å². The van der Waals surface area contributed by atoms with E-state index in [-0.39, 0.29) is 17.0 Å². The van der Waals surface area contributed by atoms with Gasteiger partial charge in [0, 0.05) is 22.4 Å². The maximum atomic E-state index is 12.6. The summed E-state index contributed by atoms with van der Waals surface area (Å²) in [6, 6.07) is 12.4. The Balaban J connectivity index is 1.66. The highest BCUT2D eigenvalue weighted by molar-refractivity contribution is 7.92. The Morgan fingerprint density at radius 2 is 1.67 bits per heavy atom. The molecule has 0 saturated heterocycles. The number of hydrogen-bond donors (Lipinski definition) is 3. The van der Waals surface area contributed by atoms with Crippen molar-refractivity contribution in [2.75, 3.05) is 10.0 Å². The highest BCUT2D eigenvalue weighted by Crippen LogP contribution is 2.21. The molecule has 0 heterocycles. The van der Waals surface area contributed by atoms with Crippen molar-refractivity contribution >= 4 is 39.0 Å². The van der Waals surface area contributed by atoms with Crippen LogP contribution in [0.4, 0.5) is 16.2 Å². The SMILES string of the molecule is O=C(Nc1cccc(S(=O)(=O)Nc2ccc(Cl)cc2)c1)NC1CCCCC1. The molecule has 0 bridgehead atoms. The first-order valence-electron chi connectivity index (χ1n) is 8.88. The molecule has 0 unspecified atom stereocenters. The lowest BCUT2D eigenvalue weighted by Crippen LogP contribution is -2.39. The Kier molecular flexibility index (Phi) is 6.23. The summed E-state index contributed by atoms with van der Waals surface area (Å²) in [4.78, 5) is 12.2. The molecule has 2 amide bonds. The van der Waals surface area contributed by atoms with Crippen molar-refractivity contribution in [3.05, 3.63) is 53.6 Å². The Morgan fingerprint density at radius 1 is 0.963 bits per heavy atom. The molecule has 2 aromatic carbocycles. The Labute approximate surface area is 164 Å². The Bertz CT molecular complexity index is 895. The van der Waals surface area contributed by atoms with Crippen LogP contribution < -0.4 is 15.4 Å². The predicted molar refractivity (Wildman–Crippen MR) is 108 cm³/mol. The summed E-state index contributed by atoms with van der Waals surface area (Å²) in [6.07, 6.45) is 5.41. The third-order valence-corrected chi connectivity index (χ3v) is 6.07. The maximum Gasteiger partial charge on any atom is 0.319 e. The van der Waals surface area contributed by atoms with Crippen LogP contribution in [0.3, 0.4) is 0 Å². The van der Waals surface area contributed by atoms with Gasteiger partial charge in [0.25, 0.3) is 10.0 Å². The van der Waals surface area contributed by atoms with Crippen molar-refractivity contribution in [1.29, 1.82) is 0 Å². The quantitative estimate of drug-likeness (QED) is 0.677. The number of urea groups is 1. The minimum atomic E-state index is -3.78. The molecule has 27 heavy (non-hydrogen) atoms. The highest BCUT2D eigenvalue weighted by atomic mass is 35.5. The molecule has 0 aromatic heterocycles. The lowest BCUT2D eigenvalue weighted by molar-refractivity contribution is 0.244. The van der Waals surface area contributed by atoms with Crippen molar-refractivity contribution in [2.45, 2.75) is 43.0 Å². The fourth-order valence-corrected chi connectivity index (χ4v) is 4.30. The summed E-state index contributed by atoms with van der Waals surface area (Å²) < 4.78 is 27.6. The van der Waals surface area contributed by atoms with Crippen molar-refractivity contribution < 1.29 is 13.2 Å². The van der Waals surface area contributed by atoms with Gasteiger partial charge in [-0.05, 0) is 55.3 Å². The summed E-state index contributed by atoms with van der Waals surface area (Å²) in [5.41, 5.74) is 0.829. The highest BCUT2D eigenvalue weighted by Gasteiger charge is 2.17. The molecule has 2 aromatic rings. The van der Waals surface area contributed by atoms with Crippen LogP contribution in [0.5, 0.6) is 0 Å². The molecule has 1 saturated carbocycles. The molecule has 144 valence electrons. The molecule has 0 aliphatic heterocycles. The van der Waals surface area contributed by atoms with Crippen LogP contribution in [-0.4, -0.2) is 20.5 Å². The number of carbonyl (C=O) groups is 1. The number of rotatable bonds is 5. The number of nitrogens with one attached hydrogen (secondary N) is 3. The fourth-order valence-electron chi connectivity index (χ4n) is 3.07. The number of amides is 2. The zero-order chi connectivity index (χ0) is 19.3. The van der Waals surface area contributed by atoms with Crippen molar-refractivity contribution in [3.8, 4) is 0 Å². The smallest absolute Gasteiger partial charge is 0.319 e. The van der Waals surface area contributed by atoms with Gasteiger partial charge in [0.05, 0.1) is 4.90 Å². The molecule has 1 aliphatic rings. The molecule has 1 fully saturated rings. The van der Waals surface area contributed by atoms with Gasteiger partial charge in [-0.2, -0.15) is 0 Å². The second-order valence-corrected chi connectivity index (χ2v) is 8.69. The first-order chi connectivity index (χ1) is 12.9. The molecule has 3 rings (SSSR count). The van der Waals surface area contributed by atoms with E-state index < -0.39 is 10.0 Å². The van der Waals surface area contributed by atoms with Crippen LogP contribution in [0.1, 0.15) is 32.1 Å². The van der Waals surface area contributed by atoms with Gasteiger partial charge < -0.3 is 10.6 Å². The van der Waals surface area contributed by atoms with Gasteiger partial charge in [0.15, 0.2) is 0 Å². The fraction of sp³-hybridized carbons (Fsp3) is 0.316. The topological polar surface area (TPSA) is 87.3 Å². The van der Waals surface area contributed by atoms with E-state index >= 15 is 0 Å². The average Bonchev–Trinajstić information content (AvgIpc) is 2.64. The first kappa shape index (κ1) is 19.5. The predicted octanol–water partition coefficient (Wildman–Crippen LogP) is 4.60. The molecule has 0 radical (unpaired) electrons. The normalized spacial score (nSPS) is 15.1. The number of anilines is 2. The molecular weight excluding hydrogens is 386 g/mol. The van der Waals surface area contributed by atoms with Crippen LogP contribution in [0, 0.1) is 0 Å². The minimum Gasteiger partial charge on any atom is -0.335 e. The van der Waals surface area contributed by atoms with E-state index in [2.05, 4.69) is 15.4 Å². The summed E-state index contributed by atoms with van der Waals surface area (Å²) in [5.74, 6) is 0. The van der Waals surface area contributed by atoms with E-state index in [0.717, 1.165) is 25.7 Å². The van der Waals surface area contributed by atoms with E-state index in [1.165, 1.54) is 18.6 Å². The number of sulfonamides is 1. The Morgan fingerprint density at radius 3 is 2.37 bits per heavy atom. The zero-order valence-corrected chi connectivity index (χ0v) is 16.3. The minimum absolute atomic E-state index is 0.0629. The second-order valence-electron chi connectivity index (χ2n) is 6.57. The lowest BCUT2D eigenvalue weighted by atomic mass is 9.96. The van der Waals surface area contributed by atoms with Crippen molar-refractivity contribution in [1.82, 2.24) is 5.32 Å². The molecule has 0 atom stereocenters. The van der Waals surface area contributed by atoms with Crippen LogP contribution >= 0.6 is 11.6 Å². The summed E-state index contributed by atoms with van der Waals surface area (Å²) in [5, 5.41) is 6.18. The molecule has 8 heteroatoms. The van der Waals surface area contributed by atoms with Crippen LogP contribution in [0.15, 0.2) is 53.4 Å². The second kappa shape index (κ2) is 8.63. The van der Waals surface area contributed by atoms with Gasteiger partial charge in [0.1, 0.15) is 0 Å². The summed E-state index contributed by atoms with van der Waals surface area (Å²) in [7, 11) is -3.78. The number of hydrogen-bond acceptors (Lipinski definition) is 3. The van der Waals surface area contributed by atoms with Gasteiger partial charge in [-0.1, -0.05) is 36.9 Å². The molecular formula is C19H22ClN3O3S. The van der Waals surface area contributed by atoms with Crippen molar-refractivity contribution in [3.63, 3.8) is 0 Å². The zero-order valence-electron chi connectivity index (χ0n) is 14.7. The molecule has 1 aliphatic carbocycles. The molecule has 3 N–H and O–H groups in total. The van der Waals surface area contributed by atoms with Gasteiger partial charge >= 0.3 is 6.03 Å². The van der Waals surface area contributed by atoms with Crippen LogP contribution in [0.25, 0.3) is 0 Å². The van der Waals surface area contributed by atoms with Gasteiger partial charge in [-0.25, -0.2) is 13.2 Å². The Hall–Kier alpha value is -2.25. The van der Waals surface area contributed by atoms with Gasteiger partial charge in [-0.3, -0.25) is 4.72 Å². The van der Waals surface area contributed by atoms with Crippen LogP contribution in [0.2, 0.25) is 5.02 Å². The number of carbonyl (C=O) groups excluding carboxylic acids is 1.